The molecule has 0 spiro atoms. The van der Waals surface area contributed by atoms with E-state index in [4.69, 9.17) is 0 Å². The number of hydrogen-bond donors (Lipinski definition) is 0. The highest BCUT2D eigenvalue weighted by atomic mass is 19.2. The number of nitrogens with zero attached hydrogens (tertiary/aromatic N) is 2. The highest BCUT2D eigenvalue weighted by Crippen LogP contribution is 2.19. The molecule has 2 aromatic carbocycles. The van der Waals surface area contributed by atoms with E-state index in [2.05, 4.69) is 31.0 Å². The van der Waals surface area contributed by atoms with Crippen molar-refractivity contribution in [1.29, 1.82) is 0 Å². The van der Waals surface area contributed by atoms with Gasteiger partial charge in [-0.3, -0.25) is 0 Å². The third-order valence-electron chi connectivity index (χ3n) is 3.59. The molecule has 3 aromatic rings. The Morgan fingerprint density at radius 2 is 1.75 bits per heavy atom. The van der Waals surface area contributed by atoms with Crippen molar-refractivity contribution in [2.75, 3.05) is 0 Å². The smallest absolute Gasteiger partial charge is 0.161 e. The second-order valence-corrected chi connectivity index (χ2v) is 5.05. The van der Waals surface area contributed by atoms with Gasteiger partial charge in [-0.25, -0.2) is 13.8 Å². The number of imidazole rings is 1. The Kier molecular flexibility index (Phi) is 3.01. The summed E-state index contributed by atoms with van der Waals surface area (Å²) in [4.78, 5) is 4.11. The number of halogens is 2. The van der Waals surface area contributed by atoms with Crippen LogP contribution in [0.4, 0.5) is 8.78 Å². The first kappa shape index (κ1) is 12.8. The molecule has 0 saturated carbocycles. The molecular weight excluding hydrogens is 258 g/mol. The molecule has 0 aliphatic carbocycles. The van der Waals surface area contributed by atoms with Gasteiger partial charge in [-0.1, -0.05) is 18.2 Å². The van der Waals surface area contributed by atoms with Crippen molar-refractivity contribution in [2.45, 2.75) is 20.4 Å². The number of aromatic nitrogens is 2. The van der Waals surface area contributed by atoms with Gasteiger partial charge in [-0.2, -0.15) is 0 Å². The van der Waals surface area contributed by atoms with Crippen LogP contribution in [0.2, 0.25) is 0 Å². The molecule has 4 heteroatoms. The summed E-state index contributed by atoms with van der Waals surface area (Å²) in [5.74, 6) is -1.71. The summed E-state index contributed by atoms with van der Waals surface area (Å²) in [6.45, 7) is 4.70. The fourth-order valence-corrected chi connectivity index (χ4v) is 2.28. The molecule has 0 saturated heterocycles. The first-order valence-corrected chi connectivity index (χ1v) is 6.40. The van der Waals surface area contributed by atoms with Gasteiger partial charge < -0.3 is 4.57 Å². The second-order valence-electron chi connectivity index (χ2n) is 5.05. The fraction of sp³-hybridized carbons (Fsp3) is 0.188. The van der Waals surface area contributed by atoms with Gasteiger partial charge in [0.2, 0.25) is 0 Å². The molecule has 0 aliphatic rings. The minimum atomic E-state index is -0.867. The highest BCUT2D eigenvalue weighted by Gasteiger charge is 2.09. The Balaban J connectivity index is 2.02. The first-order chi connectivity index (χ1) is 9.54. The van der Waals surface area contributed by atoms with Gasteiger partial charge in [0.15, 0.2) is 11.6 Å². The van der Waals surface area contributed by atoms with Crippen molar-refractivity contribution in [2.24, 2.45) is 0 Å². The molecule has 0 fully saturated rings. The number of aryl methyl sites for hydroxylation is 2. The van der Waals surface area contributed by atoms with Crippen molar-refractivity contribution in [3.63, 3.8) is 0 Å². The Morgan fingerprint density at radius 3 is 2.50 bits per heavy atom. The van der Waals surface area contributed by atoms with Crippen LogP contribution in [0.15, 0.2) is 36.7 Å². The van der Waals surface area contributed by atoms with E-state index in [0.717, 1.165) is 11.6 Å². The van der Waals surface area contributed by atoms with Crippen LogP contribution in [0.5, 0.6) is 0 Å². The lowest BCUT2D eigenvalue weighted by molar-refractivity contribution is 0.510. The number of hydrogen-bond acceptors (Lipinski definition) is 1. The minimum absolute atomic E-state index is 0.465. The summed E-state index contributed by atoms with van der Waals surface area (Å²) in [5, 5.41) is 0. The average Bonchev–Trinajstić information content (AvgIpc) is 2.77. The minimum Gasteiger partial charge on any atom is -0.326 e. The molecule has 0 amide bonds. The van der Waals surface area contributed by atoms with Crippen LogP contribution in [-0.2, 0) is 6.54 Å². The van der Waals surface area contributed by atoms with Crippen molar-refractivity contribution in [3.8, 4) is 0 Å². The number of fused-ring (bicyclic) bond motifs is 1. The van der Waals surface area contributed by atoms with Crippen LogP contribution in [0.1, 0.15) is 16.7 Å². The van der Waals surface area contributed by atoms with Crippen LogP contribution in [0, 0.1) is 25.5 Å². The third kappa shape index (κ3) is 2.18. The highest BCUT2D eigenvalue weighted by molar-refractivity contribution is 5.75. The lowest BCUT2D eigenvalue weighted by Crippen LogP contribution is -1.99. The predicted molar refractivity (Wildman–Crippen MR) is 74.7 cm³/mol. The van der Waals surface area contributed by atoms with E-state index in [1.54, 1.807) is 6.33 Å². The Morgan fingerprint density at radius 1 is 1.00 bits per heavy atom. The van der Waals surface area contributed by atoms with E-state index in [1.165, 1.54) is 17.2 Å². The summed E-state index contributed by atoms with van der Waals surface area (Å²) in [6.07, 6.45) is 1.61. The lowest BCUT2D eigenvalue weighted by atomic mass is 10.1. The predicted octanol–water partition coefficient (Wildman–Crippen LogP) is 3.98. The summed E-state index contributed by atoms with van der Waals surface area (Å²) in [5.41, 5.74) is 4.62. The van der Waals surface area contributed by atoms with E-state index >= 15 is 0 Å². The van der Waals surface area contributed by atoms with Crippen LogP contribution in [-0.4, -0.2) is 9.55 Å². The Labute approximate surface area is 115 Å². The normalized spacial score (nSPS) is 11.2. The SMILES string of the molecule is Cc1ccc(Cn2cnc3cc(F)c(F)cc32)cc1C. The fourth-order valence-electron chi connectivity index (χ4n) is 2.28. The third-order valence-corrected chi connectivity index (χ3v) is 3.59. The molecule has 0 bridgehead atoms. The summed E-state index contributed by atoms with van der Waals surface area (Å²) < 4.78 is 28.3. The number of benzene rings is 2. The quantitative estimate of drug-likeness (QED) is 0.690. The van der Waals surface area contributed by atoms with Gasteiger partial charge in [0.1, 0.15) is 0 Å². The van der Waals surface area contributed by atoms with E-state index in [0.29, 0.717) is 17.6 Å². The maximum Gasteiger partial charge on any atom is 0.161 e. The molecule has 0 atom stereocenters. The zero-order chi connectivity index (χ0) is 14.3. The standard InChI is InChI=1S/C16H14F2N2/c1-10-3-4-12(5-11(10)2)8-20-9-19-15-6-13(17)14(18)7-16(15)20/h3-7,9H,8H2,1-2H3. The molecule has 0 radical (unpaired) electrons. The van der Waals surface area contributed by atoms with Crippen LogP contribution in [0.25, 0.3) is 11.0 Å². The monoisotopic (exact) mass is 272 g/mol. The van der Waals surface area contributed by atoms with E-state index in [9.17, 15) is 8.78 Å². The Hall–Kier alpha value is -2.23. The van der Waals surface area contributed by atoms with Gasteiger partial charge in [-0.15, -0.1) is 0 Å². The average molecular weight is 272 g/mol. The first-order valence-electron chi connectivity index (χ1n) is 6.40. The summed E-state index contributed by atoms with van der Waals surface area (Å²) in [6, 6.07) is 8.51. The van der Waals surface area contributed by atoms with Crippen LogP contribution >= 0.6 is 0 Å². The zero-order valence-corrected chi connectivity index (χ0v) is 11.3. The summed E-state index contributed by atoms with van der Waals surface area (Å²) in [7, 11) is 0. The summed E-state index contributed by atoms with van der Waals surface area (Å²) >= 11 is 0. The van der Waals surface area contributed by atoms with Crippen molar-refractivity contribution < 1.29 is 8.78 Å². The van der Waals surface area contributed by atoms with Crippen molar-refractivity contribution in [3.05, 3.63) is 65.0 Å². The molecule has 2 nitrogen and oxygen atoms in total. The zero-order valence-electron chi connectivity index (χ0n) is 11.3. The van der Waals surface area contributed by atoms with E-state index < -0.39 is 11.6 Å². The van der Waals surface area contributed by atoms with E-state index in [-0.39, 0.29) is 0 Å². The van der Waals surface area contributed by atoms with Crippen molar-refractivity contribution in [1.82, 2.24) is 9.55 Å². The van der Waals surface area contributed by atoms with Crippen LogP contribution < -0.4 is 0 Å². The van der Waals surface area contributed by atoms with Gasteiger partial charge in [0.25, 0.3) is 0 Å². The largest absolute Gasteiger partial charge is 0.326 e. The molecule has 0 aliphatic heterocycles. The number of rotatable bonds is 2. The molecule has 102 valence electrons. The second kappa shape index (κ2) is 4.71. The van der Waals surface area contributed by atoms with Gasteiger partial charge in [0.05, 0.1) is 17.4 Å². The lowest BCUT2D eigenvalue weighted by Gasteiger charge is -2.07. The van der Waals surface area contributed by atoms with E-state index in [1.807, 2.05) is 10.6 Å². The molecule has 0 N–H and O–H groups in total. The molecule has 3 rings (SSSR count). The molecule has 1 heterocycles. The maximum absolute atomic E-state index is 13.3. The topological polar surface area (TPSA) is 17.8 Å². The van der Waals surface area contributed by atoms with Gasteiger partial charge in [-0.05, 0) is 30.5 Å². The molecule has 20 heavy (non-hydrogen) atoms. The molecular formula is C16H14F2N2. The Bertz CT molecular complexity index is 791. The van der Waals surface area contributed by atoms with Crippen molar-refractivity contribution >= 4 is 11.0 Å². The van der Waals surface area contributed by atoms with Gasteiger partial charge in [0, 0.05) is 18.7 Å². The molecule has 1 aromatic heterocycles. The van der Waals surface area contributed by atoms with Gasteiger partial charge >= 0.3 is 0 Å². The maximum atomic E-state index is 13.3. The molecule has 0 unspecified atom stereocenters. The van der Waals surface area contributed by atoms with Crippen LogP contribution in [0.3, 0.4) is 0 Å².